The summed E-state index contributed by atoms with van der Waals surface area (Å²) in [5.41, 5.74) is 0.853. The number of benzene rings is 2. The van der Waals surface area contributed by atoms with Crippen LogP contribution in [0.25, 0.3) is 0 Å². The van der Waals surface area contributed by atoms with E-state index in [4.69, 9.17) is 27.9 Å². The van der Waals surface area contributed by atoms with Gasteiger partial charge in [-0.05, 0) is 24.3 Å². The van der Waals surface area contributed by atoms with Gasteiger partial charge in [0.1, 0.15) is 24.2 Å². The number of hydrogen-bond acceptors (Lipinski definition) is 5. The maximum Gasteiger partial charge on any atom is 0.139 e. The summed E-state index contributed by atoms with van der Waals surface area (Å²) in [6.07, 6.45) is -0.623. The molecular weight excluding hydrogens is 375 g/mol. The summed E-state index contributed by atoms with van der Waals surface area (Å²) >= 11 is 12.0. The zero-order valence-corrected chi connectivity index (χ0v) is 15.8. The lowest BCUT2D eigenvalue weighted by atomic mass is 10.2. The number of anilines is 1. The van der Waals surface area contributed by atoms with Crippen LogP contribution in [0.5, 0.6) is 11.5 Å². The van der Waals surface area contributed by atoms with Gasteiger partial charge in [0.25, 0.3) is 0 Å². The van der Waals surface area contributed by atoms with Crippen LogP contribution in [0.2, 0.25) is 10.0 Å². The van der Waals surface area contributed by atoms with Crippen molar-refractivity contribution in [2.75, 3.05) is 44.2 Å². The van der Waals surface area contributed by atoms with Gasteiger partial charge in [0.2, 0.25) is 0 Å². The summed E-state index contributed by atoms with van der Waals surface area (Å²) in [5, 5.41) is 21.2. The molecule has 0 aliphatic carbocycles. The normalized spacial score (nSPS) is 16.5. The van der Waals surface area contributed by atoms with E-state index in [9.17, 15) is 10.2 Å². The second kappa shape index (κ2) is 8.82. The number of hydrogen-bond donors (Lipinski definition) is 2. The van der Waals surface area contributed by atoms with Crippen molar-refractivity contribution in [3.05, 3.63) is 52.5 Å². The lowest BCUT2D eigenvalue weighted by Crippen LogP contribution is -2.49. The molecule has 2 N–H and O–H groups in total. The topological polar surface area (TPSA) is 56.2 Å². The quantitative estimate of drug-likeness (QED) is 0.784. The lowest BCUT2D eigenvalue weighted by Gasteiger charge is -2.37. The number of piperazine rings is 1. The molecule has 7 heteroatoms. The van der Waals surface area contributed by atoms with Gasteiger partial charge in [0.05, 0.1) is 10.7 Å². The summed E-state index contributed by atoms with van der Waals surface area (Å²) in [4.78, 5) is 4.34. The first-order chi connectivity index (χ1) is 12.5. The smallest absolute Gasteiger partial charge is 0.139 e. The van der Waals surface area contributed by atoms with Crippen LogP contribution in [0.15, 0.2) is 42.5 Å². The number of aromatic hydroxyl groups is 1. The number of aliphatic hydroxyl groups excluding tert-OH is 1. The Labute approximate surface area is 163 Å². The van der Waals surface area contributed by atoms with Gasteiger partial charge in [-0.1, -0.05) is 35.3 Å². The molecule has 3 rings (SSSR count). The Bertz CT molecular complexity index is 736. The Hall–Kier alpha value is -1.66. The highest BCUT2D eigenvalue weighted by molar-refractivity contribution is 6.34. The minimum Gasteiger partial charge on any atom is -0.506 e. The molecule has 0 saturated carbocycles. The Morgan fingerprint density at radius 2 is 1.77 bits per heavy atom. The first kappa shape index (κ1) is 19.1. The van der Waals surface area contributed by atoms with E-state index >= 15 is 0 Å². The van der Waals surface area contributed by atoms with Gasteiger partial charge in [0.15, 0.2) is 0 Å². The summed E-state index contributed by atoms with van der Waals surface area (Å²) in [6.45, 7) is 3.88. The molecule has 0 amide bonds. The second-order valence-corrected chi connectivity index (χ2v) is 7.16. The molecule has 0 spiro atoms. The minimum absolute atomic E-state index is 0.153. The van der Waals surface area contributed by atoms with Crippen LogP contribution in [0.1, 0.15) is 0 Å². The molecule has 140 valence electrons. The molecule has 0 aromatic heterocycles. The molecular formula is C19H22Cl2N2O3. The van der Waals surface area contributed by atoms with E-state index in [1.165, 1.54) is 0 Å². The number of β-amino-alcohol motifs (C(OH)–C–C–N with tert-alkyl or cyclic N) is 1. The molecule has 1 unspecified atom stereocenters. The number of rotatable bonds is 6. The highest BCUT2D eigenvalue weighted by atomic mass is 35.5. The number of halogens is 2. The van der Waals surface area contributed by atoms with E-state index in [1.807, 2.05) is 18.2 Å². The molecule has 1 saturated heterocycles. The van der Waals surface area contributed by atoms with Crippen LogP contribution in [-0.4, -0.2) is 60.5 Å². The van der Waals surface area contributed by atoms with Gasteiger partial charge in [-0.25, -0.2) is 0 Å². The largest absolute Gasteiger partial charge is 0.506 e. The predicted molar refractivity (Wildman–Crippen MR) is 105 cm³/mol. The molecule has 26 heavy (non-hydrogen) atoms. The van der Waals surface area contributed by atoms with Crippen LogP contribution in [-0.2, 0) is 0 Å². The molecule has 1 heterocycles. The van der Waals surface area contributed by atoms with Crippen molar-refractivity contribution >= 4 is 28.9 Å². The molecule has 1 fully saturated rings. The van der Waals surface area contributed by atoms with E-state index in [2.05, 4.69) is 9.80 Å². The fraction of sp³-hybridized carbons (Fsp3) is 0.368. The number of para-hydroxylation sites is 2. The third-order valence-corrected chi connectivity index (χ3v) is 4.94. The van der Waals surface area contributed by atoms with E-state index in [1.54, 1.807) is 24.3 Å². The van der Waals surface area contributed by atoms with Crippen molar-refractivity contribution in [1.82, 2.24) is 4.90 Å². The van der Waals surface area contributed by atoms with Crippen molar-refractivity contribution in [1.29, 1.82) is 0 Å². The van der Waals surface area contributed by atoms with Crippen LogP contribution >= 0.6 is 23.2 Å². The summed E-state index contributed by atoms with van der Waals surface area (Å²) in [6, 6.07) is 12.4. The first-order valence-electron chi connectivity index (χ1n) is 8.54. The van der Waals surface area contributed by atoms with Crippen LogP contribution in [0.3, 0.4) is 0 Å². The molecule has 0 radical (unpaired) electrons. The Morgan fingerprint density at radius 3 is 2.50 bits per heavy atom. The van der Waals surface area contributed by atoms with E-state index in [-0.39, 0.29) is 6.61 Å². The average molecular weight is 397 g/mol. The molecule has 2 aromatic carbocycles. The summed E-state index contributed by atoms with van der Waals surface area (Å²) in [5.74, 6) is 0.773. The van der Waals surface area contributed by atoms with Crippen molar-refractivity contribution in [3.8, 4) is 11.5 Å². The summed E-state index contributed by atoms with van der Waals surface area (Å²) in [7, 11) is 0. The van der Waals surface area contributed by atoms with Crippen molar-refractivity contribution in [2.24, 2.45) is 0 Å². The zero-order valence-electron chi connectivity index (χ0n) is 14.3. The Morgan fingerprint density at radius 1 is 1.04 bits per heavy atom. The van der Waals surface area contributed by atoms with Gasteiger partial charge < -0.3 is 19.8 Å². The highest BCUT2D eigenvalue weighted by Crippen LogP contribution is 2.28. The van der Waals surface area contributed by atoms with Gasteiger partial charge in [-0.15, -0.1) is 0 Å². The van der Waals surface area contributed by atoms with Gasteiger partial charge in [-0.2, -0.15) is 0 Å². The van der Waals surface area contributed by atoms with Gasteiger partial charge >= 0.3 is 0 Å². The van der Waals surface area contributed by atoms with Crippen LogP contribution < -0.4 is 9.64 Å². The van der Waals surface area contributed by atoms with Gasteiger partial charge in [0, 0.05) is 43.8 Å². The fourth-order valence-electron chi connectivity index (χ4n) is 3.03. The maximum atomic E-state index is 10.3. The molecule has 0 bridgehead atoms. The fourth-order valence-corrected chi connectivity index (χ4v) is 3.36. The number of ether oxygens (including phenoxy) is 1. The number of phenolic OH excluding ortho intramolecular Hbond substituents is 1. The SMILES string of the molecule is Oc1ccccc1N1CCN(CC(O)COc2cc(Cl)ccc2Cl)CC1. The Kier molecular flexibility index (Phi) is 6.48. The molecule has 1 aliphatic rings. The molecule has 2 aromatic rings. The second-order valence-electron chi connectivity index (χ2n) is 6.32. The standard InChI is InChI=1S/C19H22Cl2N2O3/c20-14-5-6-16(21)19(11-14)26-13-15(24)12-22-7-9-23(10-8-22)17-3-1-2-4-18(17)25/h1-6,11,15,24-25H,7-10,12-13H2. The van der Waals surface area contributed by atoms with Crippen LogP contribution in [0.4, 0.5) is 5.69 Å². The average Bonchev–Trinajstić information content (AvgIpc) is 2.64. The van der Waals surface area contributed by atoms with Crippen LogP contribution in [0, 0.1) is 0 Å². The Balaban J connectivity index is 1.45. The minimum atomic E-state index is -0.623. The van der Waals surface area contributed by atoms with E-state index < -0.39 is 6.10 Å². The van der Waals surface area contributed by atoms with E-state index in [0.29, 0.717) is 28.1 Å². The third kappa shape index (κ3) is 4.95. The van der Waals surface area contributed by atoms with E-state index in [0.717, 1.165) is 31.9 Å². The predicted octanol–water partition coefficient (Wildman–Crippen LogP) is 3.26. The maximum absolute atomic E-state index is 10.3. The number of nitrogens with zero attached hydrogens (tertiary/aromatic N) is 2. The third-order valence-electron chi connectivity index (χ3n) is 4.39. The number of aliphatic hydroxyl groups is 1. The summed E-state index contributed by atoms with van der Waals surface area (Å²) < 4.78 is 5.59. The monoisotopic (exact) mass is 396 g/mol. The van der Waals surface area contributed by atoms with Gasteiger partial charge in [-0.3, -0.25) is 4.90 Å². The molecule has 5 nitrogen and oxygen atoms in total. The van der Waals surface area contributed by atoms with Crippen molar-refractivity contribution in [3.63, 3.8) is 0 Å². The van der Waals surface area contributed by atoms with Crippen molar-refractivity contribution in [2.45, 2.75) is 6.10 Å². The number of phenols is 1. The van der Waals surface area contributed by atoms with Crippen molar-refractivity contribution < 1.29 is 14.9 Å². The lowest BCUT2D eigenvalue weighted by molar-refractivity contribution is 0.0663. The molecule has 1 atom stereocenters. The highest BCUT2D eigenvalue weighted by Gasteiger charge is 2.21. The molecule has 1 aliphatic heterocycles. The zero-order chi connectivity index (χ0) is 18.5. The first-order valence-corrected chi connectivity index (χ1v) is 9.30.